The molecule has 2 aromatic rings. The molecule has 31 heavy (non-hydrogen) atoms. The van der Waals surface area contributed by atoms with Crippen molar-refractivity contribution in [3.05, 3.63) is 60.2 Å². The zero-order valence-corrected chi connectivity index (χ0v) is 19.3. The molecule has 0 radical (unpaired) electrons. The van der Waals surface area contributed by atoms with Crippen LogP contribution in [0.2, 0.25) is 0 Å². The van der Waals surface area contributed by atoms with E-state index in [0.717, 1.165) is 32.4 Å². The Bertz CT molecular complexity index is 818. The Morgan fingerprint density at radius 3 is 2.32 bits per heavy atom. The van der Waals surface area contributed by atoms with Crippen molar-refractivity contribution in [2.24, 2.45) is 4.36 Å². The lowest BCUT2D eigenvalue weighted by molar-refractivity contribution is 0.259. The van der Waals surface area contributed by atoms with Gasteiger partial charge in [0.25, 0.3) is 0 Å². The van der Waals surface area contributed by atoms with Gasteiger partial charge in [-0.3, -0.25) is 0 Å². The molecule has 0 aromatic heterocycles. The number of amides is 2. The third-order valence-electron chi connectivity index (χ3n) is 4.62. The number of carbonyl (C=O) groups is 1. The number of anilines is 1. The second-order valence-electron chi connectivity index (χ2n) is 7.08. The highest BCUT2D eigenvalue weighted by Crippen LogP contribution is 2.24. The summed E-state index contributed by atoms with van der Waals surface area (Å²) < 4.78 is 8.96. The van der Waals surface area contributed by atoms with Gasteiger partial charge in [-0.2, -0.15) is 0 Å². The SMILES string of the molecule is O=C(N=S)Nc1ccccc1OCCCCCCCCNC(=S)NCc1ccccc1. The highest BCUT2D eigenvalue weighted by molar-refractivity contribution is 7.80. The van der Waals surface area contributed by atoms with E-state index >= 15 is 0 Å². The first kappa shape index (κ1) is 24.7. The molecular weight excluding hydrogens is 428 g/mol. The fourth-order valence-electron chi connectivity index (χ4n) is 2.99. The Hall–Kier alpha value is -2.58. The monoisotopic (exact) mass is 458 g/mol. The minimum atomic E-state index is -0.562. The molecule has 2 amide bonds. The molecule has 2 rings (SSSR count). The summed E-state index contributed by atoms with van der Waals surface area (Å²) in [5.41, 5.74) is 1.81. The Kier molecular flexibility index (Phi) is 12.1. The van der Waals surface area contributed by atoms with Crippen molar-refractivity contribution < 1.29 is 9.53 Å². The van der Waals surface area contributed by atoms with E-state index in [1.807, 2.05) is 36.4 Å². The maximum Gasteiger partial charge on any atom is 0.356 e. The molecule has 0 saturated heterocycles. The molecule has 0 unspecified atom stereocenters. The topological polar surface area (TPSA) is 74.8 Å². The van der Waals surface area contributed by atoms with Gasteiger partial charge in [0.15, 0.2) is 5.11 Å². The molecule has 2 aromatic carbocycles. The molecule has 3 N–H and O–H groups in total. The fourth-order valence-corrected chi connectivity index (χ4v) is 3.21. The molecule has 0 aliphatic heterocycles. The molecular formula is C23H30N4O2S2. The van der Waals surface area contributed by atoms with Crippen molar-refractivity contribution >= 4 is 41.5 Å². The summed E-state index contributed by atoms with van der Waals surface area (Å²) >= 11 is 9.70. The van der Waals surface area contributed by atoms with E-state index in [-0.39, 0.29) is 0 Å². The highest BCUT2D eigenvalue weighted by atomic mass is 32.1. The lowest BCUT2D eigenvalue weighted by Gasteiger charge is -2.11. The summed E-state index contributed by atoms with van der Waals surface area (Å²) in [6.07, 6.45) is 6.73. The van der Waals surface area contributed by atoms with Crippen LogP contribution in [-0.4, -0.2) is 24.3 Å². The number of hydrogen-bond donors (Lipinski definition) is 3. The lowest BCUT2D eigenvalue weighted by Crippen LogP contribution is -2.35. The third kappa shape index (κ3) is 10.8. The van der Waals surface area contributed by atoms with Gasteiger partial charge in [-0.05, 0) is 42.8 Å². The van der Waals surface area contributed by atoms with Gasteiger partial charge in [-0.1, -0.05) is 68.1 Å². The normalized spacial score (nSPS) is 10.2. The number of nitrogens with one attached hydrogen (secondary N) is 3. The van der Waals surface area contributed by atoms with Gasteiger partial charge in [0.2, 0.25) is 0 Å². The number of carbonyl (C=O) groups excluding carboxylic acids is 1. The number of para-hydroxylation sites is 2. The van der Waals surface area contributed by atoms with Gasteiger partial charge in [-0.15, -0.1) is 4.36 Å². The van der Waals surface area contributed by atoms with Crippen LogP contribution in [0.5, 0.6) is 5.75 Å². The lowest BCUT2D eigenvalue weighted by atomic mass is 10.1. The van der Waals surface area contributed by atoms with Gasteiger partial charge in [0.05, 0.1) is 12.3 Å². The van der Waals surface area contributed by atoms with Crippen LogP contribution in [0.25, 0.3) is 0 Å². The number of thiocarbonyl (C=S) groups is 1. The smallest absolute Gasteiger partial charge is 0.356 e. The molecule has 166 valence electrons. The Morgan fingerprint density at radius 1 is 0.871 bits per heavy atom. The van der Waals surface area contributed by atoms with Crippen molar-refractivity contribution in [2.75, 3.05) is 18.5 Å². The number of hydrogen-bond acceptors (Lipinski definition) is 4. The Morgan fingerprint density at radius 2 is 1.55 bits per heavy atom. The Balaban J connectivity index is 1.45. The predicted octanol–water partition coefficient (Wildman–Crippen LogP) is 5.33. The van der Waals surface area contributed by atoms with E-state index in [4.69, 9.17) is 17.0 Å². The second-order valence-corrected chi connectivity index (χ2v) is 7.67. The minimum Gasteiger partial charge on any atom is -0.491 e. The summed E-state index contributed by atoms with van der Waals surface area (Å²) in [5.74, 6) is 0.636. The van der Waals surface area contributed by atoms with Crippen molar-refractivity contribution in [2.45, 2.75) is 45.1 Å². The van der Waals surface area contributed by atoms with Crippen LogP contribution in [0.1, 0.15) is 44.1 Å². The minimum absolute atomic E-state index is 0.562. The van der Waals surface area contributed by atoms with Crippen LogP contribution >= 0.6 is 12.2 Å². The predicted molar refractivity (Wildman–Crippen MR) is 132 cm³/mol. The van der Waals surface area contributed by atoms with E-state index < -0.39 is 6.03 Å². The quantitative estimate of drug-likeness (QED) is 0.278. The largest absolute Gasteiger partial charge is 0.491 e. The summed E-state index contributed by atoms with van der Waals surface area (Å²) in [6.45, 7) is 2.25. The molecule has 0 spiro atoms. The summed E-state index contributed by atoms with van der Waals surface area (Å²) in [6, 6.07) is 16.9. The van der Waals surface area contributed by atoms with E-state index in [1.165, 1.54) is 24.8 Å². The molecule has 0 aliphatic carbocycles. The van der Waals surface area contributed by atoms with Crippen LogP contribution < -0.4 is 20.7 Å². The third-order valence-corrected chi connectivity index (χ3v) is 5.08. The van der Waals surface area contributed by atoms with Crippen molar-refractivity contribution in [3.63, 3.8) is 0 Å². The van der Waals surface area contributed by atoms with E-state index in [9.17, 15) is 4.79 Å². The second kappa shape index (κ2) is 15.3. The van der Waals surface area contributed by atoms with Gasteiger partial charge >= 0.3 is 6.03 Å². The van der Waals surface area contributed by atoms with Gasteiger partial charge in [-0.25, -0.2) is 4.79 Å². The summed E-state index contributed by atoms with van der Waals surface area (Å²) in [5, 5.41) is 9.81. The van der Waals surface area contributed by atoms with Crippen molar-refractivity contribution in [1.82, 2.24) is 10.6 Å². The molecule has 0 saturated carbocycles. The number of urea groups is 1. The van der Waals surface area contributed by atoms with Gasteiger partial charge < -0.3 is 20.7 Å². The van der Waals surface area contributed by atoms with Crippen LogP contribution in [-0.2, 0) is 19.0 Å². The fraction of sp³-hybridized carbons (Fsp3) is 0.391. The van der Waals surface area contributed by atoms with Crippen molar-refractivity contribution in [3.8, 4) is 5.75 Å². The molecule has 8 heteroatoms. The Labute approximate surface area is 195 Å². The van der Waals surface area contributed by atoms with E-state index in [0.29, 0.717) is 23.2 Å². The van der Waals surface area contributed by atoms with Crippen LogP contribution in [0.15, 0.2) is 59.0 Å². The average molecular weight is 459 g/mol. The molecule has 0 bridgehead atoms. The molecule has 0 aliphatic rings. The maximum atomic E-state index is 11.3. The first-order valence-electron chi connectivity index (χ1n) is 10.6. The highest BCUT2D eigenvalue weighted by Gasteiger charge is 2.06. The molecule has 6 nitrogen and oxygen atoms in total. The number of benzene rings is 2. The number of nitrogens with zero attached hydrogens (tertiary/aromatic N) is 1. The molecule has 0 heterocycles. The average Bonchev–Trinajstić information content (AvgIpc) is 2.80. The molecule has 0 atom stereocenters. The van der Waals surface area contributed by atoms with Crippen LogP contribution in [0.3, 0.4) is 0 Å². The van der Waals surface area contributed by atoms with Crippen LogP contribution in [0.4, 0.5) is 10.5 Å². The van der Waals surface area contributed by atoms with E-state index in [1.54, 1.807) is 6.07 Å². The number of ether oxygens (including phenoxy) is 1. The zero-order chi connectivity index (χ0) is 22.2. The summed E-state index contributed by atoms with van der Waals surface area (Å²) in [4.78, 5) is 11.3. The summed E-state index contributed by atoms with van der Waals surface area (Å²) in [7, 11) is 0. The maximum absolute atomic E-state index is 11.3. The van der Waals surface area contributed by atoms with Gasteiger partial charge in [0.1, 0.15) is 5.75 Å². The number of unbranched alkanes of at least 4 members (excludes halogenated alkanes) is 5. The first-order chi connectivity index (χ1) is 15.2. The molecule has 0 fully saturated rings. The van der Waals surface area contributed by atoms with Gasteiger partial charge in [0, 0.05) is 25.5 Å². The van der Waals surface area contributed by atoms with E-state index in [2.05, 4.69) is 44.9 Å². The standard InChI is InChI=1S/C23H30N4O2S2/c28-22(27-31)26-20-14-8-9-15-21(20)29-17-11-4-2-1-3-10-16-24-23(30)25-18-19-12-6-5-7-13-19/h5-9,12-15H,1-4,10-11,16-18H2,(H,26,28)(H2,24,25,30). The van der Waals surface area contributed by atoms with Crippen LogP contribution in [0, 0.1) is 0 Å². The zero-order valence-electron chi connectivity index (χ0n) is 17.6. The van der Waals surface area contributed by atoms with Crippen molar-refractivity contribution in [1.29, 1.82) is 0 Å². The number of rotatable bonds is 13. The first-order valence-corrected chi connectivity index (χ1v) is 11.4.